The molecule has 0 aromatic heterocycles. The summed E-state index contributed by atoms with van der Waals surface area (Å²) >= 11 is 0. The Morgan fingerprint density at radius 1 is 1.28 bits per heavy atom. The van der Waals surface area contributed by atoms with Gasteiger partial charge in [0.25, 0.3) is 5.91 Å². The second-order valence-electron chi connectivity index (χ2n) is 7.45. The number of carbonyl (C=O) groups is 2. The Morgan fingerprint density at radius 3 is 2.56 bits per heavy atom. The normalized spacial score (nSPS) is 15.4. The maximum absolute atomic E-state index is 12.4. The molecule has 6 nitrogen and oxygen atoms in total. The van der Waals surface area contributed by atoms with Crippen molar-refractivity contribution in [1.29, 1.82) is 5.26 Å². The van der Waals surface area contributed by atoms with Gasteiger partial charge in [-0.2, -0.15) is 5.26 Å². The highest BCUT2D eigenvalue weighted by Gasteiger charge is 2.26. The Labute approximate surface area is 149 Å². The quantitative estimate of drug-likeness (QED) is 0.885. The lowest BCUT2D eigenvalue weighted by Crippen LogP contribution is -2.53. The summed E-state index contributed by atoms with van der Waals surface area (Å²) in [6.45, 7) is 7.12. The van der Waals surface area contributed by atoms with E-state index < -0.39 is 0 Å². The van der Waals surface area contributed by atoms with Crippen LogP contribution >= 0.6 is 0 Å². The number of hydrogen-bond acceptors (Lipinski definition) is 3. The maximum Gasteiger partial charge on any atom is 0.317 e. The first-order valence-electron chi connectivity index (χ1n) is 8.62. The average molecular weight is 342 g/mol. The van der Waals surface area contributed by atoms with E-state index in [9.17, 15) is 9.59 Å². The summed E-state index contributed by atoms with van der Waals surface area (Å²) in [5.74, 6) is -0.127. The molecule has 1 aliphatic heterocycles. The van der Waals surface area contributed by atoms with Crippen molar-refractivity contribution in [2.45, 2.75) is 51.6 Å². The molecular weight excluding hydrogens is 316 g/mol. The van der Waals surface area contributed by atoms with Crippen molar-refractivity contribution in [1.82, 2.24) is 15.5 Å². The molecule has 1 heterocycles. The molecule has 0 unspecified atom stereocenters. The van der Waals surface area contributed by atoms with Crippen LogP contribution < -0.4 is 10.6 Å². The number of carbonyl (C=O) groups excluding carboxylic acids is 2. The summed E-state index contributed by atoms with van der Waals surface area (Å²) in [6.07, 6.45) is 1.77. The molecular formula is C19H26N4O2. The van der Waals surface area contributed by atoms with Crippen LogP contribution in [0.3, 0.4) is 0 Å². The van der Waals surface area contributed by atoms with Crippen LogP contribution in [-0.4, -0.2) is 41.5 Å². The third-order valence-corrected chi connectivity index (χ3v) is 4.07. The number of rotatable bonds is 3. The fourth-order valence-corrected chi connectivity index (χ4v) is 2.81. The predicted molar refractivity (Wildman–Crippen MR) is 96.1 cm³/mol. The van der Waals surface area contributed by atoms with Crippen LogP contribution in [-0.2, 0) is 6.42 Å². The minimum atomic E-state index is -0.253. The zero-order chi connectivity index (χ0) is 18.4. The molecule has 0 aliphatic carbocycles. The lowest BCUT2D eigenvalue weighted by molar-refractivity contribution is 0.0917. The van der Waals surface area contributed by atoms with Gasteiger partial charge in [-0.15, -0.1) is 0 Å². The smallest absolute Gasteiger partial charge is 0.317 e. The minimum absolute atomic E-state index is 0.0542. The van der Waals surface area contributed by atoms with Crippen LogP contribution in [0.1, 0.15) is 49.5 Å². The summed E-state index contributed by atoms with van der Waals surface area (Å²) in [6, 6.07) is 9.23. The highest BCUT2D eigenvalue weighted by Crippen LogP contribution is 2.13. The second kappa shape index (κ2) is 8.02. The highest BCUT2D eigenvalue weighted by molar-refractivity contribution is 5.94. The first-order chi connectivity index (χ1) is 11.8. The van der Waals surface area contributed by atoms with Gasteiger partial charge in [0.2, 0.25) is 0 Å². The second-order valence-corrected chi connectivity index (χ2v) is 7.45. The van der Waals surface area contributed by atoms with Crippen molar-refractivity contribution in [3.8, 4) is 6.07 Å². The summed E-state index contributed by atoms with van der Waals surface area (Å²) in [5, 5.41) is 14.8. The molecule has 1 aromatic rings. The number of nitrogens with one attached hydrogen (secondary N) is 2. The summed E-state index contributed by atoms with van der Waals surface area (Å²) in [4.78, 5) is 26.3. The molecule has 0 atom stereocenters. The Bertz CT molecular complexity index is 665. The van der Waals surface area contributed by atoms with Gasteiger partial charge < -0.3 is 15.5 Å². The number of likely N-dealkylation sites (tertiary alicyclic amines) is 1. The highest BCUT2D eigenvalue weighted by atomic mass is 16.2. The van der Waals surface area contributed by atoms with Crippen molar-refractivity contribution in [2.24, 2.45) is 0 Å². The van der Waals surface area contributed by atoms with Gasteiger partial charge in [0.1, 0.15) is 0 Å². The van der Waals surface area contributed by atoms with Crippen LogP contribution in [0.4, 0.5) is 4.79 Å². The van der Waals surface area contributed by atoms with E-state index >= 15 is 0 Å². The third-order valence-electron chi connectivity index (χ3n) is 4.07. The molecule has 1 fully saturated rings. The largest absolute Gasteiger partial charge is 0.349 e. The van der Waals surface area contributed by atoms with E-state index in [2.05, 4.69) is 16.7 Å². The van der Waals surface area contributed by atoms with Crippen LogP contribution in [0, 0.1) is 11.3 Å². The number of hydrogen-bond donors (Lipinski definition) is 2. The van der Waals surface area contributed by atoms with Crippen LogP contribution in [0.25, 0.3) is 0 Å². The van der Waals surface area contributed by atoms with E-state index in [0.29, 0.717) is 25.1 Å². The average Bonchev–Trinajstić information content (AvgIpc) is 2.54. The van der Waals surface area contributed by atoms with E-state index in [0.717, 1.165) is 18.4 Å². The summed E-state index contributed by atoms with van der Waals surface area (Å²) in [7, 11) is 0. The zero-order valence-electron chi connectivity index (χ0n) is 15.1. The van der Waals surface area contributed by atoms with Gasteiger partial charge in [-0.05, 0) is 51.3 Å². The van der Waals surface area contributed by atoms with Gasteiger partial charge in [-0.3, -0.25) is 4.79 Å². The Hall–Kier alpha value is -2.55. The summed E-state index contributed by atoms with van der Waals surface area (Å²) < 4.78 is 0. The van der Waals surface area contributed by atoms with E-state index in [1.54, 1.807) is 23.1 Å². The van der Waals surface area contributed by atoms with Crippen molar-refractivity contribution in [2.75, 3.05) is 13.1 Å². The lowest BCUT2D eigenvalue weighted by Gasteiger charge is -2.34. The molecule has 1 saturated heterocycles. The molecule has 134 valence electrons. The van der Waals surface area contributed by atoms with Crippen molar-refractivity contribution < 1.29 is 9.59 Å². The SMILES string of the molecule is CC(C)(C)NC(=O)N1CCC(NC(=O)c2cccc(CC#N)c2)CC1. The van der Waals surface area contributed by atoms with E-state index in [4.69, 9.17) is 5.26 Å². The maximum atomic E-state index is 12.4. The molecule has 3 amide bonds. The number of piperidine rings is 1. The van der Waals surface area contributed by atoms with Gasteiger partial charge in [0.15, 0.2) is 0 Å². The van der Waals surface area contributed by atoms with Crippen molar-refractivity contribution >= 4 is 11.9 Å². The van der Waals surface area contributed by atoms with E-state index in [1.807, 2.05) is 26.8 Å². The summed E-state index contributed by atoms with van der Waals surface area (Å²) in [5.41, 5.74) is 1.15. The molecule has 0 radical (unpaired) electrons. The Kier molecular flexibility index (Phi) is 6.02. The molecule has 2 rings (SSSR count). The van der Waals surface area contributed by atoms with Gasteiger partial charge in [-0.25, -0.2) is 4.79 Å². The molecule has 2 N–H and O–H groups in total. The molecule has 6 heteroatoms. The topological polar surface area (TPSA) is 85.2 Å². The zero-order valence-corrected chi connectivity index (χ0v) is 15.1. The number of amides is 3. The number of nitriles is 1. The van der Waals surface area contributed by atoms with E-state index in [1.165, 1.54) is 0 Å². The number of benzene rings is 1. The molecule has 1 aliphatic rings. The third kappa shape index (κ3) is 5.79. The van der Waals surface area contributed by atoms with Gasteiger partial charge in [0.05, 0.1) is 12.5 Å². The standard InChI is InChI=1S/C19H26N4O2/c1-19(2,3)22-18(25)23-11-8-16(9-12-23)21-17(24)15-6-4-5-14(13-15)7-10-20/h4-6,13,16H,7-9,11-12H2,1-3H3,(H,21,24)(H,22,25). The number of urea groups is 1. The van der Waals surface area contributed by atoms with Crippen LogP contribution in [0.2, 0.25) is 0 Å². The van der Waals surface area contributed by atoms with Crippen molar-refractivity contribution in [3.05, 3.63) is 35.4 Å². The van der Waals surface area contributed by atoms with Crippen LogP contribution in [0.5, 0.6) is 0 Å². The Morgan fingerprint density at radius 2 is 1.96 bits per heavy atom. The fourth-order valence-electron chi connectivity index (χ4n) is 2.81. The van der Waals surface area contributed by atoms with Gasteiger partial charge in [0, 0.05) is 30.2 Å². The van der Waals surface area contributed by atoms with Crippen LogP contribution in [0.15, 0.2) is 24.3 Å². The first-order valence-corrected chi connectivity index (χ1v) is 8.62. The lowest BCUT2D eigenvalue weighted by atomic mass is 10.0. The van der Waals surface area contributed by atoms with E-state index in [-0.39, 0.29) is 23.5 Å². The van der Waals surface area contributed by atoms with Gasteiger partial charge >= 0.3 is 6.03 Å². The molecule has 25 heavy (non-hydrogen) atoms. The fraction of sp³-hybridized carbons (Fsp3) is 0.526. The number of nitrogens with zero attached hydrogens (tertiary/aromatic N) is 2. The monoisotopic (exact) mass is 342 g/mol. The molecule has 0 saturated carbocycles. The first kappa shape index (κ1) is 18.8. The molecule has 0 spiro atoms. The predicted octanol–water partition coefficient (Wildman–Crippen LogP) is 2.45. The van der Waals surface area contributed by atoms with Gasteiger partial charge in [-0.1, -0.05) is 12.1 Å². The molecule has 1 aromatic carbocycles. The molecule has 0 bridgehead atoms. The van der Waals surface area contributed by atoms with Crippen molar-refractivity contribution in [3.63, 3.8) is 0 Å². The Balaban J connectivity index is 1.85. The minimum Gasteiger partial charge on any atom is -0.349 e.